The smallest absolute Gasteiger partial charge is 0.133 e. The topological polar surface area (TPSA) is 42.1 Å². The highest BCUT2D eigenvalue weighted by Gasteiger charge is 2.28. The molecule has 0 bridgehead atoms. The maximum Gasteiger partial charge on any atom is 0.133 e. The fraction of sp³-hybridized carbons (Fsp3) is 0.615. The average molecular weight is 251 g/mol. The summed E-state index contributed by atoms with van der Waals surface area (Å²) >= 11 is 2.03. The van der Waals surface area contributed by atoms with Crippen molar-refractivity contribution >= 4 is 17.6 Å². The molecule has 0 aromatic carbocycles. The highest BCUT2D eigenvalue weighted by molar-refractivity contribution is 8.00. The van der Waals surface area contributed by atoms with Crippen molar-refractivity contribution in [3.63, 3.8) is 0 Å². The lowest BCUT2D eigenvalue weighted by Crippen LogP contribution is -2.44. The molecule has 1 atom stereocenters. The van der Waals surface area contributed by atoms with Gasteiger partial charge in [-0.05, 0) is 26.8 Å². The molecule has 4 heteroatoms. The van der Waals surface area contributed by atoms with Crippen molar-refractivity contribution in [1.29, 1.82) is 0 Å². The summed E-state index contributed by atoms with van der Waals surface area (Å²) in [5.41, 5.74) is 7.17. The summed E-state index contributed by atoms with van der Waals surface area (Å²) in [5.74, 6) is 2.22. The second kappa shape index (κ2) is 4.86. The quantitative estimate of drug-likeness (QED) is 0.876. The van der Waals surface area contributed by atoms with Crippen LogP contribution < -0.4 is 10.6 Å². The number of hydrogen-bond donors (Lipinski definition) is 1. The highest BCUT2D eigenvalue weighted by atomic mass is 32.2. The maximum absolute atomic E-state index is 6.02. The molecule has 0 saturated carbocycles. The lowest BCUT2D eigenvalue weighted by Gasteiger charge is -2.39. The number of anilines is 1. The number of rotatable bonds is 2. The average Bonchev–Trinajstić information content (AvgIpc) is 2.27. The minimum absolute atomic E-state index is 0.0383. The molecule has 1 aliphatic heterocycles. The van der Waals surface area contributed by atoms with E-state index in [1.807, 2.05) is 30.9 Å². The summed E-state index contributed by atoms with van der Waals surface area (Å²) in [6, 6.07) is 4.09. The number of thioether (sulfide) groups is 1. The maximum atomic E-state index is 6.02. The van der Waals surface area contributed by atoms with E-state index in [2.05, 4.69) is 29.8 Å². The van der Waals surface area contributed by atoms with Crippen molar-refractivity contribution in [2.75, 3.05) is 23.7 Å². The molecule has 1 aromatic heterocycles. The number of nitrogens with zero attached hydrogens (tertiary/aromatic N) is 2. The molecular weight excluding hydrogens is 230 g/mol. The van der Waals surface area contributed by atoms with Gasteiger partial charge in [-0.15, -0.1) is 0 Å². The molecule has 2 rings (SSSR count). The minimum atomic E-state index is 0.0383. The Balaban J connectivity index is 2.27. The monoisotopic (exact) mass is 251 g/mol. The van der Waals surface area contributed by atoms with Crippen LogP contribution in [0.5, 0.6) is 0 Å². The zero-order chi connectivity index (χ0) is 12.5. The van der Waals surface area contributed by atoms with Crippen LogP contribution in [0.25, 0.3) is 0 Å². The van der Waals surface area contributed by atoms with Crippen LogP contribution in [-0.4, -0.2) is 28.6 Å². The van der Waals surface area contributed by atoms with E-state index >= 15 is 0 Å². The van der Waals surface area contributed by atoms with Crippen molar-refractivity contribution in [1.82, 2.24) is 4.98 Å². The Morgan fingerprint density at radius 3 is 2.94 bits per heavy atom. The van der Waals surface area contributed by atoms with E-state index in [-0.39, 0.29) is 6.04 Å². The Kier molecular flexibility index (Phi) is 3.64. The van der Waals surface area contributed by atoms with Crippen LogP contribution in [0.2, 0.25) is 0 Å². The van der Waals surface area contributed by atoms with Gasteiger partial charge in [0.2, 0.25) is 0 Å². The van der Waals surface area contributed by atoms with Gasteiger partial charge in [0, 0.05) is 41.4 Å². The highest BCUT2D eigenvalue weighted by Crippen LogP contribution is 2.33. The molecule has 3 nitrogen and oxygen atoms in total. The first-order valence-electron chi connectivity index (χ1n) is 6.09. The van der Waals surface area contributed by atoms with E-state index in [1.54, 1.807) is 0 Å². The number of aromatic nitrogens is 1. The van der Waals surface area contributed by atoms with Gasteiger partial charge in [-0.3, -0.25) is 0 Å². The molecule has 17 heavy (non-hydrogen) atoms. The van der Waals surface area contributed by atoms with Crippen LogP contribution in [0.4, 0.5) is 5.82 Å². The molecule has 1 saturated heterocycles. The van der Waals surface area contributed by atoms with Crippen LogP contribution in [0.15, 0.2) is 18.3 Å². The number of pyridine rings is 1. The normalized spacial score (nSPS) is 21.3. The zero-order valence-corrected chi connectivity index (χ0v) is 11.6. The van der Waals surface area contributed by atoms with E-state index in [0.29, 0.717) is 4.75 Å². The first kappa shape index (κ1) is 12.7. The molecule has 1 aliphatic rings. The van der Waals surface area contributed by atoms with Crippen molar-refractivity contribution in [3.8, 4) is 0 Å². The van der Waals surface area contributed by atoms with Crippen molar-refractivity contribution in [2.45, 2.75) is 31.6 Å². The van der Waals surface area contributed by atoms with Gasteiger partial charge in [-0.2, -0.15) is 11.8 Å². The molecule has 0 aliphatic carbocycles. The van der Waals surface area contributed by atoms with Gasteiger partial charge >= 0.3 is 0 Å². The van der Waals surface area contributed by atoms with Crippen molar-refractivity contribution < 1.29 is 0 Å². The van der Waals surface area contributed by atoms with E-state index in [0.717, 1.165) is 30.2 Å². The van der Waals surface area contributed by atoms with Crippen molar-refractivity contribution in [2.24, 2.45) is 5.73 Å². The van der Waals surface area contributed by atoms with Crippen LogP contribution in [0.1, 0.15) is 32.4 Å². The minimum Gasteiger partial charge on any atom is -0.354 e. The fourth-order valence-corrected chi connectivity index (χ4v) is 3.34. The Bertz CT molecular complexity index is 390. The molecular formula is C13H21N3S. The second-order valence-electron chi connectivity index (χ2n) is 5.23. The predicted molar refractivity (Wildman–Crippen MR) is 75.6 cm³/mol. The van der Waals surface area contributed by atoms with Gasteiger partial charge in [-0.1, -0.05) is 6.07 Å². The van der Waals surface area contributed by atoms with Crippen molar-refractivity contribution in [3.05, 3.63) is 23.9 Å². The zero-order valence-electron chi connectivity index (χ0n) is 10.8. The van der Waals surface area contributed by atoms with Crippen LogP contribution in [0, 0.1) is 0 Å². The molecule has 0 amide bonds. The van der Waals surface area contributed by atoms with Crippen LogP contribution >= 0.6 is 11.8 Å². The Hall–Kier alpha value is -0.740. The summed E-state index contributed by atoms with van der Waals surface area (Å²) < 4.78 is 0.297. The van der Waals surface area contributed by atoms with E-state index in [9.17, 15) is 0 Å². The molecule has 94 valence electrons. The van der Waals surface area contributed by atoms with Gasteiger partial charge in [0.15, 0.2) is 0 Å². The Labute approximate surface area is 108 Å². The molecule has 0 radical (unpaired) electrons. The third kappa shape index (κ3) is 2.93. The van der Waals surface area contributed by atoms with Gasteiger partial charge in [-0.25, -0.2) is 4.98 Å². The van der Waals surface area contributed by atoms with Crippen LogP contribution in [-0.2, 0) is 0 Å². The largest absolute Gasteiger partial charge is 0.354 e. The van der Waals surface area contributed by atoms with E-state index < -0.39 is 0 Å². The molecule has 2 heterocycles. The number of hydrogen-bond acceptors (Lipinski definition) is 4. The lowest BCUT2D eigenvalue weighted by atomic mass is 10.1. The fourth-order valence-electron chi connectivity index (χ4n) is 2.23. The second-order valence-corrected chi connectivity index (χ2v) is 7.04. The standard InChI is InChI=1S/C13H21N3S/c1-10(14)11-5-4-6-15-12(11)16-7-8-17-13(2,3)9-16/h4-6,10H,7-9,14H2,1-3H3/t10-/m0/s1. The summed E-state index contributed by atoms with van der Waals surface area (Å²) in [6.45, 7) is 8.69. The Morgan fingerprint density at radius 2 is 2.29 bits per heavy atom. The summed E-state index contributed by atoms with van der Waals surface area (Å²) in [5, 5.41) is 0. The van der Waals surface area contributed by atoms with Gasteiger partial charge in [0.05, 0.1) is 0 Å². The summed E-state index contributed by atoms with van der Waals surface area (Å²) in [4.78, 5) is 6.90. The third-order valence-corrected chi connectivity index (χ3v) is 4.33. The molecule has 2 N–H and O–H groups in total. The van der Waals surface area contributed by atoms with Gasteiger partial charge in [0.1, 0.15) is 5.82 Å². The van der Waals surface area contributed by atoms with E-state index in [4.69, 9.17) is 5.73 Å². The lowest BCUT2D eigenvalue weighted by molar-refractivity contribution is 0.636. The third-order valence-electron chi connectivity index (χ3n) is 3.03. The molecule has 0 spiro atoms. The molecule has 0 unspecified atom stereocenters. The Morgan fingerprint density at radius 1 is 1.53 bits per heavy atom. The molecule has 1 aromatic rings. The SMILES string of the molecule is C[C@H](N)c1cccnc1N1CCSC(C)(C)C1. The first-order chi connectivity index (χ1) is 7.99. The summed E-state index contributed by atoms with van der Waals surface area (Å²) in [7, 11) is 0. The van der Waals surface area contributed by atoms with E-state index in [1.165, 1.54) is 0 Å². The molecule has 1 fully saturated rings. The number of nitrogens with two attached hydrogens (primary N) is 1. The predicted octanol–water partition coefficient (Wildman–Crippen LogP) is 2.43. The first-order valence-corrected chi connectivity index (χ1v) is 7.07. The van der Waals surface area contributed by atoms with Gasteiger partial charge in [0.25, 0.3) is 0 Å². The van der Waals surface area contributed by atoms with Gasteiger partial charge < -0.3 is 10.6 Å². The summed E-state index contributed by atoms with van der Waals surface area (Å²) in [6.07, 6.45) is 1.86. The van der Waals surface area contributed by atoms with Crippen LogP contribution in [0.3, 0.4) is 0 Å².